The number of unbranched alkanes of at least 4 members (excludes halogenated alkanes) is 32. The lowest BCUT2D eigenvalue weighted by Crippen LogP contribution is -2.49. The van der Waals surface area contributed by atoms with Crippen molar-refractivity contribution in [1.29, 1.82) is 0 Å². The van der Waals surface area contributed by atoms with Crippen LogP contribution in [-0.2, 0) is 4.79 Å². The second kappa shape index (κ2) is 41.8. The first kappa shape index (κ1) is 50.1. The van der Waals surface area contributed by atoms with E-state index in [0.717, 1.165) is 32.1 Å². The van der Waals surface area contributed by atoms with Gasteiger partial charge in [0, 0.05) is 0 Å². The van der Waals surface area contributed by atoms with Crippen LogP contribution in [0.4, 0.5) is 0 Å². The molecule has 5 heteroatoms. The molecule has 0 aliphatic carbocycles. The molecule has 4 N–H and O–H groups in total. The fourth-order valence-corrected chi connectivity index (χ4v) is 7.25. The minimum atomic E-state index is -1.07. The van der Waals surface area contributed by atoms with Gasteiger partial charge >= 0.3 is 0 Å². The van der Waals surface area contributed by atoms with E-state index < -0.39 is 24.2 Å². The van der Waals surface area contributed by atoms with Gasteiger partial charge in [-0.1, -0.05) is 225 Å². The summed E-state index contributed by atoms with van der Waals surface area (Å²) in [6.45, 7) is 4.22. The summed E-state index contributed by atoms with van der Waals surface area (Å²) in [6.07, 6.45) is 49.5. The first-order valence-electron chi connectivity index (χ1n) is 23.0. The Labute approximate surface area is 319 Å². The van der Waals surface area contributed by atoms with Crippen molar-refractivity contribution in [2.45, 2.75) is 270 Å². The maximum Gasteiger partial charge on any atom is 0.249 e. The van der Waals surface area contributed by atoms with Crippen LogP contribution in [0.1, 0.15) is 251 Å². The predicted octanol–water partition coefficient (Wildman–Crippen LogP) is 13.2. The molecule has 51 heavy (non-hydrogen) atoms. The van der Waals surface area contributed by atoms with E-state index in [1.165, 1.54) is 193 Å². The third-order valence-electron chi connectivity index (χ3n) is 10.9. The molecule has 0 aliphatic rings. The maximum absolute atomic E-state index is 12.4. The molecular weight excluding hydrogens is 631 g/mol. The molecule has 3 atom stereocenters. The van der Waals surface area contributed by atoms with Crippen molar-refractivity contribution in [3.63, 3.8) is 0 Å². The van der Waals surface area contributed by atoms with Crippen molar-refractivity contribution in [2.24, 2.45) is 0 Å². The Morgan fingerprint density at radius 2 is 0.745 bits per heavy atom. The fraction of sp³-hybridized carbons (Fsp3) is 0.935. The van der Waals surface area contributed by atoms with E-state index >= 15 is 0 Å². The van der Waals surface area contributed by atoms with E-state index in [1.807, 2.05) is 0 Å². The molecule has 0 saturated heterocycles. The van der Waals surface area contributed by atoms with Crippen molar-refractivity contribution in [3.8, 4) is 0 Å². The van der Waals surface area contributed by atoms with Crippen LogP contribution in [0, 0.1) is 0 Å². The van der Waals surface area contributed by atoms with Crippen molar-refractivity contribution in [1.82, 2.24) is 5.32 Å². The summed E-state index contributed by atoms with van der Waals surface area (Å²) in [5.74, 6) is -0.471. The van der Waals surface area contributed by atoms with Gasteiger partial charge in [0.2, 0.25) is 5.91 Å². The standard InChI is InChI=1S/C46H91NO4/c1-3-5-7-9-11-13-14-15-16-17-18-19-20-21-22-23-24-25-26-27-28-29-30-31-33-35-37-39-41-45(50)46(51)47-43(42-48)44(49)40-38-36-34-32-12-10-8-6-4-2/h21-22,43-45,48-50H,3-20,23-42H2,1-2H3,(H,47,51)/b22-21-. The van der Waals surface area contributed by atoms with Crippen LogP contribution in [0.15, 0.2) is 12.2 Å². The molecule has 0 rings (SSSR count). The smallest absolute Gasteiger partial charge is 0.249 e. The number of amides is 1. The van der Waals surface area contributed by atoms with Crippen molar-refractivity contribution < 1.29 is 20.1 Å². The van der Waals surface area contributed by atoms with Crippen LogP contribution >= 0.6 is 0 Å². The van der Waals surface area contributed by atoms with Gasteiger partial charge in [-0.3, -0.25) is 4.79 Å². The number of carbonyl (C=O) groups excluding carboxylic acids is 1. The van der Waals surface area contributed by atoms with Crippen molar-refractivity contribution in [2.75, 3.05) is 6.61 Å². The second-order valence-electron chi connectivity index (χ2n) is 16.0. The van der Waals surface area contributed by atoms with Gasteiger partial charge in [-0.05, 0) is 38.5 Å². The van der Waals surface area contributed by atoms with Crippen LogP contribution in [0.3, 0.4) is 0 Å². The normalized spacial score (nSPS) is 13.6. The molecular formula is C46H91NO4. The maximum atomic E-state index is 12.4. The highest BCUT2D eigenvalue weighted by Crippen LogP contribution is 2.16. The van der Waals surface area contributed by atoms with Crippen LogP contribution in [-0.4, -0.2) is 46.1 Å². The molecule has 0 saturated carbocycles. The molecule has 0 radical (unpaired) electrons. The van der Waals surface area contributed by atoms with Gasteiger partial charge in [-0.25, -0.2) is 0 Å². The molecule has 0 spiro atoms. The first-order chi connectivity index (χ1) is 25.1. The van der Waals surface area contributed by atoms with Gasteiger partial charge < -0.3 is 20.6 Å². The van der Waals surface area contributed by atoms with E-state index in [1.54, 1.807) is 0 Å². The van der Waals surface area contributed by atoms with E-state index in [0.29, 0.717) is 12.8 Å². The molecule has 0 bridgehead atoms. The van der Waals surface area contributed by atoms with Gasteiger partial charge in [0.25, 0.3) is 0 Å². The molecule has 0 aliphatic heterocycles. The third-order valence-corrected chi connectivity index (χ3v) is 10.9. The number of nitrogens with one attached hydrogen (secondary N) is 1. The Morgan fingerprint density at radius 1 is 0.451 bits per heavy atom. The number of hydrogen-bond acceptors (Lipinski definition) is 4. The monoisotopic (exact) mass is 722 g/mol. The molecule has 0 aromatic rings. The summed E-state index contributed by atoms with van der Waals surface area (Å²) in [7, 11) is 0. The van der Waals surface area contributed by atoms with E-state index in [-0.39, 0.29) is 6.61 Å². The molecule has 1 amide bonds. The average molecular weight is 722 g/mol. The lowest BCUT2D eigenvalue weighted by molar-refractivity contribution is -0.131. The molecule has 5 nitrogen and oxygen atoms in total. The summed E-state index contributed by atoms with van der Waals surface area (Å²) in [5, 5.41) is 33.2. The van der Waals surface area contributed by atoms with Crippen LogP contribution in [0.25, 0.3) is 0 Å². The zero-order chi connectivity index (χ0) is 37.3. The molecule has 0 aromatic carbocycles. The number of rotatable bonds is 42. The Hall–Kier alpha value is -0.910. The van der Waals surface area contributed by atoms with Gasteiger partial charge in [-0.2, -0.15) is 0 Å². The molecule has 0 fully saturated rings. The number of aliphatic hydroxyl groups excluding tert-OH is 3. The topological polar surface area (TPSA) is 89.8 Å². The van der Waals surface area contributed by atoms with E-state index in [9.17, 15) is 20.1 Å². The number of aliphatic hydroxyl groups is 3. The SMILES string of the molecule is CCCCCCCCCCCCCC/C=C\CCCCCCCCCCCCCCC(O)C(=O)NC(CO)C(O)CCCCCCCCCCC. The van der Waals surface area contributed by atoms with Crippen molar-refractivity contribution >= 4 is 5.91 Å². The van der Waals surface area contributed by atoms with Gasteiger partial charge in [0.1, 0.15) is 6.10 Å². The zero-order valence-electron chi connectivity index (χ0n) is 34.5. The highest BCUT2D eigenvalue weighted by atomic mass is 16.3. The Balaban J connectivity index is 3.49. The summed E-state index contributed by atoms with van der Waals surface area (Å²) < 4.78 is 0. The molecule has 304 valence electrons. The second-order valence-corrected chi connectivity index (χ2v) is 16.0. The number of allylic oxidation sites excluding steroid dienone is 2. The minimum absolute atomic E-state index is 0.311. The Bertz CT molecular complexity index is 713. The number of carbonyl (C=O) groups is 1. The van der Waals surface area contributed by atoms with E-state index in [4.69, 9.17) is 0 Å². The summed E-state index contributed by atoms with van der Waals surface area (Å²) in [6, 6.07) is -0.706. The molecule has 0 aromatic heterocycles. The average Bonchev–Trinajstić information content (AvgIpc) is 3.13. The van der Waals surface area contributed by atoms with Crippen LogP contribution < -0.4 is 5.32 Å². The number of hydrogen-bond donors (Lipinski definition) is 4. The summed E-state index contributed by atoms with van der Waals surface area (Å²) in [5.41, 5.74) is 0. The zero-order valence-corrected chi connectivity index (χ0v) is 34.5. The Kier molecular flexibility index (Phi) is 41.1. The highest BCUT2D eigenvalue weighted by Gasteiger charge is 2.23. The highest BCUT2D eigenvalue weighted by molar-refractivity contribution is 5.80. The van der Waals surface area contributed by atoms with Gasteiger partial charge in [-0.15, -0.1) is 0 Å². The van der Waals surface area contributed by atoms with Crippen molar-refractivity contribution in [3.05, 3.63) is 12.2 Å². The largest absolute Gasteiger partial charge is 0.394 e. The Morgan fingerprint density at radius 3 is 1.08 bits per heavy atom. The first-order valence-corrected chi connectivity index (χ1v) is 23.0. The third kappa shape index (κ3) is 37.2. The minimum Gasteiger partial charge on any atom is -0.394 e. The lowest BCUT2D eigenvalue weighted by Gasteiger charge is -2.23. The predicted molar refractivity (Wildman–Crippen MR) is 222 cm³/mol. The summed E-state index contributed by atoms with van der Waals surface area (Å²) >= 11 is 0. The lowest BCUT2D eigenvalue weighted by atomic mass is 10.0. The van der Waals surface area contributed by atoms with Gasteiger partial charge in [0.05, 0.1) is 18.8 Å². The van der Waals surface area contributed by atoms with Crippen LogP contribution in [0.2, 0.25) is 0 Å². The van der Waals surface area contributed by atoms with E-state index in [2.05, 4.69) is 31.3 Å². The fourth-order valence-electron chi connectivity index (χ4n) is 7.25. The molecule has 3 unspecified atom stereocenters. The summed E-state index contributed by atoms with van der Waals surface area (Å²) in [4.78, 5) is 12.4. The van der Waals surface area contributed by atoms with Gasteiger partial charge in [0.15, 0.2) is 0 Å². The van der Waals surface area contributed by atoms with Crippen LogP contribution in [0.5, 0.6) is 0 Å². The molecule has 0 heterocycles. The quantitative estimate of drug-likeness (QED) is 0.0373.